The summed E-state index contributed by atoms with van der Waals surface area (Å²) in [6, 6.07) is 13.0. The van der Waals surface area contributed by atoms with Gasteiger partial charge in [-0.05, 0) is 11.6 Å². The maximum absolute atomic E-state index is 12.0. The molecule has 0 unspecified atom stereocenters. The van der Waals surface area contributed by atoms with Gasteiger partial charge in [0.2, 0.25) is 5.88 Å². The molecule has 0 aliphatic heterocycles. The Morgan fingerprint density at radius 3 is 2.73 bits per heavy atom. The quantitative estimate of drug-likeness (QED) is 0.580. The van der Waals surface area contributed by atoms with E-state index in [2.05, 4.69) is 20.2 Å². The van der Waals surface area contributed by atoms with Crippen LogP contribution in [0.25, 0.3) is 28.0 Å². The van der Waals surface area contributed by atoms with Crippen molar-refractivity contribution in [1.82, 2.24) is 24.6 Å². The molecule has 0 aliphatic rings. The minimum absolute atomic E-state index is 0.241. The predicted molar refractivity (Wildman–Crippen MR) is 94.7 cm³/mol. The van der Waals surface area contributed by atoms with Gasteiger partial charge in [0.15, 0.2) is 5.65 Å². The molecule has 130 valence electrons. The Bertz CT molecular complexity index is 1110. The highest BCUT2D eigenvalue weighted by Gasteiger charge is 2.18. The number of methoxy groups -OCH3 is 1. The minimum Gasteiger partial charge on any atom is -0.481 e. The van der Waals surface area contributed by atoms with Crippen LogP contribution in [-0.4, -0.2) is 36.8 Å². The van der Waals surface area contributed by atoms with Crippen molar-refractivity contribution in [2.45, 2.75) is 6.61 Å². The maximum atomic E-state index is 12.0. The molecule has 0 fully saturated rings. The Morgan fingerprint density at radius 1 is 1.19 bits per heavy atom. The van der Waals surface area contributed by atoms with Gasteiger partial charge in [0.25, 0.3) is 0 Å². The summed E-state index contributed by atoms with van der Waals surface area (Å²) in [7, 11) is 1.50. The third-order valence-electron chi connectivity index (χ3n) is 4.03. The van der Waals surface area contributed by atoms with Gasteiger partial charge in [-0.2, -0.15) is 5.10 Å². The highest BCUT2D eigenvalue weighted by atomic mass is 16.5. The van der Waals surface area contributed by atoms with Crippen LogP contribution >= 0.6 is 0 Å². The SMILES string of the molecule is COc1cc(-c2c(-c3ccccc3)ncn3c(=O)[nH]nc23)cc(CO)n1. The third-order valence-corrected chi connectivity index (χ3v) is 4.03. The van der Waals surface area contributed by atoms with Crippen molar-refractivity contribution in [1.29, 1.82) is 0 Å². The first-order valence-corrected chi connectivity index (χ1v) is 7.88. The number of aromatic amines is 1. The molecule has 0 saturated heterocycles. The van der Waals surface area contributed by atoms with Crippen molar-refractivity contribution >= 4 is 5.65 Å². The summed E-state index contributed by atoms with van der Waals surface area (Å²) < 4.78 is 6.58. The number of benzene rings is 1. The number of nitrogens with one attached hydrogen (secondary N) is 1. The summed E-state index contributed by atoms with van der Waals surface area (Å²) >= 11 is 0. The Morgan fingerprint density at radius 2 is 2.00 bits per heavy atom. The molecule has 2 N–H and O–H groups in total. The molecule has 4 aromatic rings. The molecule has 4 rings (SSSR count). The molecule has 1 aromatic carbocycles. The molecule has 3 aromatic heterocycles. The van der Waals surface area contributed by atoms with Crippen LogP contribution in [0.2, 0.25) is 0 Å². The first-order chi connectivity index (χ1) is 12.7. The van der Waals surface area contributed by atoms with E-state index < -0.39 is 0 Å². The monoisotopic (exact) mass is 349 g/mol. The molecule has 8 heteroatoms. The minimum atomic E-state index is -0.378. The molecule has 26 heavy (non-hydrogen) atoms. The van der Waals surface area contributed by atoms with Crippen LogP contribution in [0, 0.1) is 0 Å². The second-order valence-electron chi connectivity index (χ2n) is 5.60. The first-order valence-electron chi connectivity index (χ1n) is 7.88. The van der Waals surface area contributed by atoms with E-state index in [4.69, 9.17) is 4.74 Å². The van der Waals surface area contributed by atoms with Crippen LogP contribution in [0.5, 0.6) is 5.88 Å². The average molecular weight is 349 g/mol. The largest absolute Gasteiger partial charge is 0.481 e. The van der Waals surface area contributed by atoms with Crippen LogP contribution in [0.15, 0.2) is 53.6 Å². The van der Waals surface area contributed by atoms with Gasteiger partial charge in [0.1, 0.15) is 6.33 Å². The smallest absolute Gasteiger partial charge is 0.348 e. The van der Waals surface area contributed by atoms with Crippen molar-refractivity contribution in [2.24, 2.45) is 0 Å². The van der Waals surface area contributed by atoms with Gasteiger partial charge in [-0.3, -0.25) is 0 Å². The lowest BCUT2D eigenvalue weighted by atomic mass is 10.00. The zero-order chi connectivity index (χ0) is 18.1. The van der Waals surface area contributed by atoms with Gasteiger partial charge in [-0.1, -0.05) is 30.3 Å². The lowest BCUT2D eigenvalue weighted by Gasteiger charge is -2.12. The lowest BCUT2D eigenvalue weighted by molar-refractivity contribution is 0.274. The Labute approximate surface area is 147 Å². The normalized spacial score (nSPS) is 11.0. The van der Waals surface area contributed by atoms with Crippen LogP contribution in [0.3, 0.4) is 0 Å². The van der Waals surface area contributed by atoms with Crippen LogP contribution in [0.4, 0.5) is 0 Å². The second-order valence-corrected chi connectivity index (χ2v) is 5.60. The lowest BCUT2D eigenvalue weighted by Crippen LogP contribution is -2.10. The molecular weight excluding hydrogens is 334 g/mol. The fourth-order valence-corrected chi connectivity index (χ4v) is 2.84. The maximum Gasteiger partial charge on any atom is 0.348 e. The van der Waals surface area contributed by atoms with E-state index in [1.807, 2.05) is 30.3 Å². The van der Waals surface area contributed by atoms with Gasteiger partial charge < -0.3 is 9.84 Å². The van der Waals surface area contributed by atoms with Crippen molar-refractivity contribution in [3.8, 4) is 28.3 Å². The number of rotatable bonds is 4. The van der Waals surface area contributed by atoms with Gasteiger partial charge in [-0.15, -0.1) is 0 Å². The Balaban J connectivity index is 2.09. The van der Waals surface area contributed by atoms with E-state index in [1.54, 1.807) is 12.1 Å². The molecule has 0 saturated carbocycles. The molecule has 0 atom stereocenters. The molecule has 8 nitrogen and oxygen atoms in total. The Hall–Kier alpha value is -3.52. The number of H-pyrrole nitrogens is 1. The van der Waals surface area contributed by atoms with E-state index in [9.17, 15) is 9.90 Å². The van der Waals surface area contributed by atoms with E-state index in [0.29, 0.717) is 34.0 Å². The average Bonchev–Trinajstić information content (AvgIpc) is 3.08. The standard InChI is InChI=1S/C18H15N5O3/c1-26-14-8-12(7-13(9-24)20-14)15-16(11-5-3-2-4-6-11)19-10-23-17(15)21-22-18(23)25/h2-8,10,24H,9H2,1H3,(H,22,25). The number of nitrogens with zero attached hydrogens (tertiary/aromatic N) is 4. The summed E-state index contributed by atoms with van der Waals surface area (Å²) in [6.07, 6.45) is 1.44. The van der Waals surface area contributed by atoms with Gasteiger partial charge >= 0.3 is 5.69 Å². The fraction of sp³-hybridized carbons (Fsp3) is 0.111. The van der Waals surface area contributed by atoms with Crippen LogP contribution in [0.1, 0.15) is 5.69 Å². The number of pyridine rings is 1. The van der Waals surface area contributed by atoms with Gasteiger partial charge in [0.05, 0.1) is 30.7 Å². The zero-order valence-corrected chi connectivity index (χ0v) is 13.9. The molecule has 0 spiro atoms. The number of aliphatic hydroxyl groups is 1. The second kappa shape index (κ2) is 6.41. The third kappa shape index (κ3) is 2.62. The van der Waals surface area contributed by atoms with Crippen molar-refractivity contribution in [3.63, 3.8) is 0 Å². The van der Waals surface area contributed by atoms with Crippen molar-refractivity contribution < 1.29 is 9.84 Å². The van der Waals surface area contributed by atoms with E-state index in [0.717, 1.165) is 5.56 Å². The summed E-state index contributed by atoms with van der Waals surface area (Å²) in [5.74, 6) is 0.352. The van der Waals surface area contributed by atoms with Crippen LogP contribution in [-0.2, 0) is 6.61 Å². The number of aromatic nitrogens is 5. The van der Waals surface area contributed by atoms with Crippen LogP contribution < -0.4 is 10.4 Å². The van der Waals surface area contributed by atoms with E-state index in [1.165, 1.54) is 17.8 Å². The predicted octanol–water partition coefficient (Wildman–Crippen LogP) is 1.65. The number of aliphatic hydroxyl groups excluding tert-OH is 1. The van der Waals surface area contributed by atoms with E-state index in [-0.39, 0.29) is 12.3 Å². The summed E-state index contributed by atoms with van der Waals surface area (Å²) in [5, 5.41) is 16.1. The molecular formula is C18H15N5O3. The van der Waals surface area contributed by atoms with Crippen molar-refractivity contribution in [3.05, 3.63) is 65.0 Å². The Kier molecular flexibility index (Phi) is 3.94. The topological polar surface area (TPSA) is 105 Å². The van der Waals surface area contributed by atoms with Gasteiger partial charge in [-0.25, -0.2) is 24.3 Å². The fourth-order valence-electron chi connectivity index (χ4n) is 2.84. The number of ether oxygens (including phenoxy) is 1. The summed E-state index contributed by atoms with van der Waals surface area (Å²) in [4.78, 5) is 20.7. The number of fused-ring (bicyclic) bond motifs is 1. The molecule has 0 aliphatic carbocycles. The summed E-state index contributed by atoms with van der Waals surface area (Å²) in [5.41, 5.74) is 3.37. The molecule has 0 radical (unpaired) electrons. The van der Waals surface area contributed by atoms with Gasteiger partial charge in [0, 0.05) is 11.6 Å². The number of hydrogen-bond donors (Lipinski definition) is 2. The highest BCUT2D eigenvalue weighted by molar-refractivity contribution is 5.89. The number of hydrogen-bond acceptors (Lipinski definition) is 6. The zero-order valence-electron chi connectivity index (χ0n) is 13.9. The summed E-state index contributed by atoms with van der Waals surface area (Å²) in [6.45, 7) is -0.241. The molecule has 0 amide bonds. The molecule has 3 heterocycles. The van der Waals surface area contributed by atoms with E-state index >= 15 is 0 Å². The first kappa shape index (κ1) is 16.0. The molecule has 0 bridgehead atoms. The highest BCUT2D eigenvalue weighted by Crippen LogP contribution is 2.34. The van der Waals surface area contributed by atoms with Crippen molar-refractivity contribution in [2.75, 3.05) is 7.11 Å².